The Bertz CT molecular complexity index is 219. The second kappa shape index (κ2) is 13.5. The summed E-state index contributed by atoms with van der Waals surface area (Å²) in [5, 5.41) is 3.48. The molecule has 0 fully saturated rings. The van der Waals surface area contributed by atoms with Gasteiger partial charge in [-0.1, -0.05) is 0 Å². The molecule has 5 nitrogen and oxygen atoms in total. The molecule has 0 aliphatic carbocycles. The van der Waals surface area contributed by atoms with E-state index in [4.69, 9.17) is 18.9 Å². The van der Waals surface area contributed by atoms with E-state index in [0.29, 0.717) is 39.6 Å². The van der Waals surface area contributed by atoms with Crippen molar-refractivity contribution in [3.8, 4) is 0 Å². The first-order valence-corrected chi connectivity index (χ1v) is 7.97. The van der Waals surface area contributed by atoms with Gasteiger partial charge in [0.15, 0.2) is 0 Å². The molecule has 0 saturated heterocycles. The summed E-state index contributed by atoms with van der Waals surface area (Å²) in [6, 6.07) is 0. The average molecular weight is 305 g/mol. The van der Waals surface area contributed by atoms with Crippen molar-refractivity contribution >= 4 is 0 Å². The van der Waals surface area contributed by atoms with E-state index in [-0.39, 0.29) is 11.6 Å². The molecule has 0 aromatic rings. The standard InChI is InChI=1S/C16H35NO4/c1-15(7-6-8-17-16(2,3)4)21-14-13-20-12-11-19-10-9-18-5/h15,17H,6-14H2,1-5H3. The summed E-state index contributed by atoms with van der Waals surface area (Å²) in [5.74, 6) is 0. The Hall–Kier alpha value is -0.200. The van der Waals surface area contributed by atoms with Crippen LogP contribution in [0.5, 0.6) is 0 Å². The number of hydrogen-bond donors (Lipinski definition) is 1. The van der Waals surface area contributed by atoms with E-state index in [9.17, 15) is 0 Å². The van der Waals surface area contributed by atoms with Gasteiger partial charge in [0.2, 0.25) is 0 Å². The maximum absolute atomic E-state index is 5.71. The molecule has 0 radical (unpaired) electrons. The van der Waals surface area contributed by atoms with Gasteiger partial charge in [-0.15, -0.1) is 0 Å². The quantitative estimate of drug-likeness (QED) is 0.499. The van der Waals surface area contributed by atoms with Crippen LogP contribution in [0.15, 0.2) is 0 Å². The summed E-state index contributed by atoms with van der Waals surface area (Å²) >= 11 is 0. The lowest BCUT2D eigenvalue weighted by Crippen LogP contribution is -2.36. The Kier molecular flexibility index (Phi) is 13.3. The van der Waals surface area contributed by atoms with Crippen molar-refractivity contribution in [1.29, 1.82) is 0 Å². The average Bonchev–Trinajstić information content (AvgIpc) is 2.41. The van der Waals surface area contributed by atoms with Crippen molar-refractivity contribution in [3.63, 3.8) is 0 Å². The molecule has 21 heavy (non-hydrogen) atoms. The number of methoxy groups -OCH3 is 1. The smallest absolute Gasteiger partial charge is 0.0704 e. The molecule has 0 aromatic heterocycles. The van der Waals surface area contributed by atoms with Crippen LogP contribution in [0.25, 0.3) is 0 Å². The first-order chi connectivity index (χ1) is 9.95. The zero-order valence-corrected chi connectivity index (χ0v) is 14.6. The third-order valence-electron chi connectivity index (χ3n) is 2.88. The Morgan fingerprint density at radius 2 is 1.48 bits per heavy atom. The lowest BCUT2D eigenvalue weighted by Gasteiger charge is -2.21. The largest absolute Gasteiger partial charge is 0.382 e. The molecular weight excluding hydrogens is 270 g/mol. The van der Waals surface area contributed by atoms with Gasteiger partial charge in [-0.05, 0) is 47.1 Å². The van der Waals surface area contributed by atoms with E-state index in [1.54, 1.807) is 7.11 Å². The van der Waals surface area contributed by atoms with Gasteiger partial charge < -0.3 is 24.3 Å². The predicted octanol–water partition coefficient (Wildman–Crippen LogP) is 2.24. The molecule has 0 rings (SSSR count). The highest BCUT2D eigenvalue weighted by Gasteiger charge is 2.08. The number of ether oxygens (including phenoxy) is 4. The number of nitrogens with one attached hydrogen (secondary N) is 1. The lowest BCUT2D eigenvalue weighted by molar-refractivity contribution is -0.0139. The molecule has 1 N–H and O–H groups in total. The zero-order chi connectivity index (χ0) is 16.0. The normalized spacial score (nSPS) is 13.6. The molecule has 1 unspecified atom stereocenters. The third kappa shape index (κ3) is 17.7. The van der Waals surface area contributed by atoms with E-state index in [0.717, 1.165) is 19.4 Å². The molecule has 0 bridgehead atoms. The minimum atomic E-state index is 0.198. The van der Waals surface area contributed by atoms with Crippen molar-refractivity contribution in [1.82, 2.24) is 5.32 Å². The third-order valence-corrected chi connectivity index (χ3v) is 2.88. The molecule has 0 saturated carbocycles. The monoisotopic (exact) mass is 305 g/mol. The molecule has 5 heteroatoms. The second-order valence-corrected chi connectivity index (χ2v) is 6.22. The highest BCUT2D eigenvalue weighted by Crippen LogP contribution is 2.03. The SMILES string of the molecule is COCCOCCOCCOC(C)CCCNC(C)(C)C. The number of rotatable bonds is 14. The van der Waals surface area contributed by atoms with Crippen molar-refractivity contribution in [2.75, 3.05) is 53.3 Å². The summed E-state index contributed by atoms with van der Waals surface area (Å²) in [7, 11) is 1.66. The van der Waals surface area contributed by atoms with Crippen LogP contribution in [0.1, 0.15) is 40.5 Å². The lowest BCUT2D eigenvalue weighted by atomic mass is 10.1. The van der Waals surface area contributed by atoms with Gasteiger partial charge >= 0.3 is 0 Å². The Morgan fingerprint density at radius 3 is 2.05 bits per heavy atom. The Morgan fingerprint density at radius 1 is 0.905 bits per heavy atom. The van der Waals surface area contributed by atoms with E-state index in [1.807, 2.05) is 0 Å². The molecule has 0 aliphatic heterocycles. The maximum atomic E-state index is 5.71. The number of hydrogen-bond acceptors (Lipinski definition) is 5. The van der Waals surface area contributed by atoms with Crippen LogP contribution < -0.4 is 5.32 Å². The molecule has 0 aliphatic rings. The summed E-state index contributed by atoms with van der Waals surface area (Å²) < 4.78 is 21.3. The van der Waals surface area contributed by atoms with Crippen LogP contribution in [-0.4, -0.2) is 64.9 Å². The van der Waals surface area contributed by atoms with E-state index >= 15 is 0 Å². The Labute approximate surface area is 130 Å². The van der Waals surface area contributed by atoms with Gasteiger partial charge in [-0.3, -0.25) is 0 Å². The summed E-state index contributed by atoms with van der Waals surface area (Å²) in [6.45, 7) is 13.4. The van der Waals surface area contributed by atoms with Gasteiger partial charge in [0.1, 0.15) is 0 Å². The van der Waals surface area contributed by atoms with Crippen LogP contribution in [0.4, 0.5) is 0 Å². The highest BCUT2D eigenvalue weighted by molar-refractivity contribution is 4.69. The van der Waals surface area contributed by atoms with E-state index in [2.05, 4.69) is 33.0 Å². The predicted molar refractivity (Wildman–Crippen MR) is 85.9 cm³/mol. The van der Waals surface area contributed by atoms with Crippen LogP contribution in [0.3, 0.4) is 0 Å². The van der Waals surface area contributed by atoms with Crippen LogP contribution in [-0.2, 0) is 18.9 Å². The van der Waals surface area contributed by atoms with Gasteiger partial charge in [-0.2, -0.15) is 0 Å². The fourth-order valence-corrected chi connectivity index (χ4v) is 1.71. The molecule has 128 valence electrons. The van der Waals surface area contributed by atoms with Gasteiger partial charge in [0, 0.05) is 12.6 Å². The topological polar surface area (TPSA) is 49.0 Å². The molecule has 0 amide bonds. The van der Waals surface area contributed by atoms with Crippen LogP contribution in [0.2, 0.25) is 0 Å². The molecule has 0 spiro atoms. The van der Waals surface area contributed by atoms with Crippen molar-refractivity contribution < 1.29 is 18.9 Å². The van der Waals surface area contributed by atoms with Crippen molar-refractivity contribution in [2.24, 2.45) is 0 Å². The van der Waals surface area contributed by atoms with Crippen LogP contribution >= 0.6 is 0 Å². The van der Waals surface area contributed by atoms with Gasteiger partial charge in [-0.25, -0.2) is 0 Å². The summed E-state index contributed by atoms with van der Waals surface area (Å²) in [5.41, 5.74) is 0.198. The second-order valence-electron chi connectivity index (χ2n) is 6.22. The van der Waals surface area contributed by atoms with Gasteiger partial charge in [0.25, 0.3) is 0 Å². The molecule has 0 aromatic carbocycles. The fourth-order valence-electron chi connectivity index (χ4n) is 1.71. The highest BCUT2D eigenvalue weighted by atomic mass is 16.6. The van der Waals surface area contributed by atoms with Gasteiger partial charge in [0.05, 0.1) is 45.7 Å². The molecule has 0 heterocycles. The van der Waals surface area contributed by atoms with Crippen molar-refractivity contribution in [2.45, 2.75) is 52.2 Å². The summed E-state index contributed by atoms with van der Waals surface area (Å²) in [4.78, 5) is 0. The zero-order valence-electron chi connectivity index (χ0n) is 14.6. The Balaban J connectivity index is 3.21. The fraction of sp³-hybridized carbons (Fsp3) is 1.00. The van der Waals surface area contributed by atoms with E-state index in [1.165, 1.54) is 0 Å². The van der Waals surface area contributed by atoms with Crippen LogP contribution in [0, 0.1) is 0 Å². The minimum Gasteiger partial charge on any atom is -0.382 e. The van der Waals surface area contributed by atoms with E-state index < -0.39 is 0 Å². The summed E-state index contributed by atoms with van der Waals surface area (Å²) in [6.07, 6.45) is 2.49. The molecule has 1 atom stereocenters. The maximum Gasteiger partial charge on any atom is 0.0704 e. The first-order valence-electron chi connectivity index (χ1n) is 7.97. The van der Waals surface area contributed by atoms with Crippen molar-refractivity contribution in [3.05, 3.63) is 0 Å². The molecular formula is C16H35NO4. The first kappa shape index (κ1) is 20.8. The minimum absolute atomic E-state index is 0.198.